The van der Waals surface area contributed by atoms with Crippen molar-refractivity contribution < 1.29 is 28.8 Å². The number of nitrogens with one attached hydrogen (secondary N) is 1. The number of ether oxygens (including phenoxy) is 2. The van der Waals surface area contributed by atoms with E-state index in [1.807, 2.05) is 11.9 Å². The summed E-state index contributed by atoms with van der Waals surface area (Å²) in [5.74, 6) is -0.749. The third-order valence-electron chi connectivity index (χ3n) is 6.67. The van der Waals surface area contributed by atoms with Gasteiger partial charge < -0.3 is 29.5 Å². The third kappa shape index (κ3) is 6.33. The Morgan fingerprint density at radius 2 is 1.80 bits per heavy atom. The van der Waals surface area contributed by atoms with E-state index in [1.165, 1.54) is 17.0 Å². The van der Waals surface area contributed by atoms with Crippen molar-refractivity contribution in [2.45, 2.75) is 46.3 Å². The maximum absolute atomic E-state index is 13.4. The summed E-state index contributed by atoms with van der Waals surface area (Å²) >= 11 is 0. The number of hydrogen-bond donors (Lipinski definition) is 1. The Labute approximate surface area is 231 Å². The number of fused-ring (bicyclic) bond motifs is 1. The zero-order valence-electron chi connectivity index (χ0n) is 23.4. The van der Waals surface area contributed by atoms with Crippen molar-refractivity contribution in [3.8, 4) is 0 Å². The van der Waals surface area contributed by atoms with E-state index in [2.05, 4.69) is 15.3 Å². The van der Waals surface area contributed by atoms with E-state index in [9.17, 15) is 24.5 Å². The molecule has 2 aliphatic heterocycles. The molecule has 40 heavy (non-hydrogen) atoms. The van der Waals surface area contributed by atoms with Gasteiger partial charge >= 0.3 is 12.2 Å². The monoisotopic (exact) mass is 557 g/mol. The van der Waals surface area contributed by atoms with Gasteiger partial charge in [0.05, 0.1) is 23.8 Å². The molecule has 1 aromatic heterocycles. The normalized spacial score (nSPS) is 15.8. The van der Waals surface area contributed by atoms with Gasteiger partial charge in [-0.1, -0.05) is 0 Å². The highest BCUT2D eigenvalue weighted by Gasteiger charge is 2.33. The molecular formula is C26H35N7O7. The highest BCUT2D eigenvalue weighted by atomic mass is 16.6. The Hall–Kier alpha value is -4.20. The van der Waals surface area contributed by atoms with Crippen LogP contribution in [0.25, 0.3) is 0 Å². The number of benzene rings is 1. The van der Waals surface area contributed by atoms with Crippen molar-refractivity contribution in [3.63, 3.8) is 0 Å². The molecule has 1 saturated heterocycles. The number of carbonyl (C=O) groups is 3. The highest BCUT2D eigenvalue weighted by Crippen LogP contribution is 2.30. The van der Waals surface area contributed by atoms with Gasteiger partial charge in [0.25, 0.3) is 11.6 Å². The Balaban J connectivity index is 1.63. The van der Waals surface area contributed by atoms with Crippen molar-refractivity contribution in [3.05, 3.63) is 45.1 Å². The molecule has 3 heterocycles. The SMILES string of the molecule is CCOC(=O)n1nc(NC(=O)c2ccc(N3CCN(C)CC3)cc2[N+](=O)[O-])c2c1CCN(C(=O)OC(C)(C)C)C2. The number of nitrogens with zero attached hydrogens (tertiary/aromatic N) is 6. The van der Waals surface area contributed by atoms with Crippen LogP contribution in [0, 0.1) is 10.1 Å². The van der Waals surface area contributed by atoms with E-state index < -0.39 is 28.6 Å². The lowest BCUT2D eigenvalue weighted by Gasteiger charge is -2.34. The highest BCUT2D eigenvalue weighted by molar-refractivity contribution is 6.07. The fourth-order valence-electron chi connectivity index (χ4n) is 4.64. The predicted molar refractivity (Wildman–Crippen MR) is 146 cm³/mol. The molecule has 1 fully saturated rings. The Morgan fingerprint density at radius 1 is 1.10 bits per heavy atom. The first-order valence-electron chi connectivity index (χ1n) is 13.2. The van der Waals surface area contributed by atoms with Crippen LogP contribution in [-0.4, -0.2) is 94.6 Å². The average Bonchev–Trinajstić information content (AvgIpc) is 3.25. The van der Waals surface area contributed by atoms with Crippen LogP contribution in [0.5, 0.6) is 0 Å². The number of aromatic nitrogens is 2. The molecule has 0 bridgehead atoms. The quantitative estimate of drug-likeness (QED) is 0.429. The maximum Gasteiger partial charge on any atom is 0.434 e. The lowest BCUT2D eigenvalue weighted by molar-refractivity contribution is -0.385. The van der Waals surface area contributed by atoms with Gasteiger partial charge in [-0.15, -0.1) is 5.10 Å². The summed E-state index contributed by atoms with van der Waals surface area (Å²) in [5.41, 5.74) is 0.362. The molecule has 4 rings (SSSR count). The number of nitro benzene ring substituents is 1. The molecule has 0 atom stereocenters. The molecule has 0 radical (unpaired) electrons. The van der Waals surface area contributed by atoms with Gasteiger partial charge in [-0.3, -0.25) is 14.9 Å². The first kappa shape index (κ1) is 28.8. The summed E-state index contributed by atoms with van der Waals surface area (Å²) in [5, 5.41) is 18.9. The summed E-state index contributed by atoms with van der Waals surface area (Å²) in [7, 11) is 2.02. The molecule has 216 valence electrons. The van der Waals surface area contributed by atoms with E-state index in [1.54, 1.807) is 33.8 Å². The molecule has 1 aromatic carbocycles. The molecular weight excluding hydrogens is 522 g/mol. The predicted octanol–water partition coefficient (Wildman–Crippen LogP) is 3.09. The molecule has 0 spiro atoms. The number of carbonyl (C=O) groups excluding carboxylic acids is 3. The van der Waals surface area contributed by atoms with Gasteiger partial charge in [-0.25, -0.2) is 9.59 Å². The van der Waals surface area contributed by atoms with Gasteiger partial charge in [0.2, 0.25) is 0 Å². The second-order valence-electron chi connectivity index (χ2n) is 10.7. The number of piperazine rings is 1. The first-order chi connectivity index (χ1) is 18.9. The van der Waals surface area contributed by atoms with Crippen LogP contribution in [0.3, 0.4) is 0 Å². The molecule has 2 aromatic rings. The van der Waals surface area contributed by atoms with Gasteiger partial charge in [0, 0.05) is 56.5 Å². The maximum atomic E-state index is 13.4. The fraction of sp³-hybridized carbons (Fsp3) is 0.538. The van der Waals surface area contributed by atoms with Crippen molar-refractivity contribution >= 4 is 35.3 Å². The van der Waals surface area contributed by atoms with Crippen molar-refractivity contribution in [2.75, 3.05) is 56.6 Å². The smallest absolute Gasteiger partial charge is 0.434 e. The molecule has 2 amide bonds. The number of hydrogen-bond acceptors (Lipinski definition) is 10. The summed E-state index contributed by atoms with van der Waals surface area (Å²) in [6, 6.07) is 4.50. The topological polar surface area (TPSA) is 152 Å². The van der Waals surface area contributed by atoms with Gasteiger partial charge in [-0.2, -0.15) is 4.68 Å². The Bertz CT molecular complexity index is 1310. The molecule has 0 saturated carbocycles. The zero-order valence-corrected chi connectivity index (χ0v) is 23.4. The van der Waals surface area contributed by atoms with Crippen LogP contribution < -0.4 is 10.2 Å². The second-order valence-corrected chi connectivity index (χ2v) is 10.7. The van der Waals surface area contributed by atoms with E-state index in [0.717, 1.165) is 17.8 Å². The molecule has 1 N–H and O–H groups in total. The Morgan fingerprint density at radius 3 is 2.42 bits per heavy atom. The minimum absolute atomic E-state index is 0.0127. The number of amides is 2. The summed E-state index contributed by atoms with van der Waals surface area (Å²) in [6.45, 7) is 10.4. The first-order valence-corrected chi connectivity index (χ1v) is 13.2. The van der Waals surface area contributed by atoms with E-state index >= 15 is 0 Å². The van der Waals surface area contributed by atoms with Crippen molar-refractivity contribution in [1.82, 2.24) is 19.6 Å². The second kappa shape index (κ2) is 11.5. The van der Waals surface area contributed by atoms with E-state index in [4.69, 9.17) is 9.47 Å². The number of anilines is 2. The molecule has 14 heteroatoms. The van der Waals surface area contributed by atoms with Crippen molar-refractivity contribution in [1.29, 1.82) is 0 Å². The number of rotatable bonds is 5. The molecule has 14 nitrogen and oxygen atoms in total. The van der Waals surface area contributed by atoms with E-state index in [0.29, 0.717) is 30.0 Å². The minimum Gasteiger partial charge on any atom is -0.448 e. The standard InChI is InChI=1S/C26H35N7O7/c1-6-39-25(36)32-20-9-10-31(24(35)40-26(2,3)4)16-19(20)22(28-32)27-23(34)18-8-7-17(15-21(18)33(37)38)30-13-11-29(5)12-14-30/h7-8,15H,6,9-14,16H2,1-5H3,(H,27,28,34). The van der Waals surface area contributed by atoms with Crippen LogP contribution in [-0.2, 0) is 22.4 Å². The van der Waals surface area contributed by atoms with Crippen LogP contribution in [0.4, 0.5) is 26.8 Å². The molecule has 0 unspecified atom stereocenters. The van der Waals surface area contributed by atoms with Crippen LogP contribution >= 0.6 is 0 Å². The fourth-order valence-corrected chi connectivity index (χ4v) is 4.64. The summed E-state index contributed by atoms with van der Waals surface area (Å²) in [6.07, 6.45) is -1.02. The van der Waals surface area contributed by atoms with Gasteiger partial charge in [0.1, 0.15) is 11.2 Å². The summed E-state index contributed by atoms with van der Waals surface area (Å²) in [4.78, 5) is 55.7. The molecule has 0 aliphatic carbocycles. The molecule has 2 aliphatic rings. The number of likely N-dealkylation sites (N-methyl/N-ethyl adjacent to an activating group) is 1. The van der Waals surface area contributed by atoms with Gasteiger partial charge in [-0.05, 0) is 46.9 Å². The minimum atomic E-state index is -0.762. The third-order valence-corrected chi connectivity index (χ3v) is 6.67. The number of nitro groups is 1. The summed E-state index contributed by atoms with van der Waals surface area (Å²) < 4.78 is 11.7. The lowest BCUT2D eigenvalue weighted by atomic mass is 10.1. The largest absolute Gasteiger partial charge is 0.448 e. The zero-order chi connectivity index (χ0) is 29.2. The lowest BCUT2D eigenvalue weighted by Crippen LogP contribution is -2.44. The van der Waals surface area contributed by atoms with Crippen molar-refractivity contribution in [2.24, 2.45) is 0 Å². The van der Waals surface area contributed by atoms with E-state index in [-0.39, 0.29) is 43.2 Å². The van der Waals surface area contributed by atoms with Crippen LogP contribution in [0.2, 0.25) is 0 Å². The van der Waals surface area contributed by atoms with Crippen LogP contribution in [0.15, 0.2) is 18.2 Å². The van der Waals surface area contributed by atoms with Crippen LogP contribution in [0.1, 0.15) is 49.3 Å². The van der Waals surface area contributed by atoms with Gasteiger partial charge in [0.15, 0.2) is 5.82 Å². The Kier molecular flexibility index (Phi) is 8.28. The average molecular weight is 558 g/mol.